The summed E-state index contributed by atoms with van der Waals surface area (Å²) in [6.45, 7) is 10.7. The molecule has 0 aliphatic carbocycles. The molecule has 27 heavy (non-hydrogen) atoms. The number of rotatable bonds is 4. The summed E-state index contributed by atoms with van der Waals surface area (Å²) in [6.07, 6.45) is 3.48. The SMILES string of the molecule is CC(C)c1ccc2c(c1)CCCN2C(=O)c1cn(CC(=O)C(C)(C)C)nn1. The van der Waals surface area contributed by atoms with Gasteiger partial charge in [-0.1, -0.05) is 52.0 Å². The van der Waals surface area contributed by atoms with Gasteiger partial charge in [0.25, 0.3) is 5.91 Å². The second-order valence-corrected chi connectivity index (χ2v) is 8.58. The molecule has 0 bridgehead atoms. The number of ketones is 1. The largest absolute Gasteiger partial charge is 0.307 e. The topological polar surface area (TPSA) is 68.1 Å². The van der Waals surface area contributed by atoms with Gasteiger partial charge in [-0.3, -0.25) is 9.59 Å². The highest BCUT2D eigenvalue weighted by atomic mass is 16.2. The molecular weight excluding hydrogens is 340 g/mol. The lowest BCUT2D eigenvalue weighted by Gasteiger charge is -2.29. The molecule has 0 radical (unpaired) electrons. The van der Waals surface area contributed by atoms with Crippen molar-refractivity contribution in [2.24, 2.45) is 5.41 Å². The Morgan fingerprint density at radius 3 is 2.63 bits per heavy atom. The number of amides is 1. The number of hydrogen-bond acceptors (Lipinski definition) is 4. The first-order chi connectivity index (χ1) is 12.7. The lowest BCUT2D eigenvalue weighted by molar-refractivity contribution is -0.127. The van der Waals surface area contributed by atoms with Crippen molar-refractivity contribution in [2.75, 3.05) is 11.4 Å². The van der Waals surface area contributed by atoms with Crippen molar-refractivity contribution in [3.05, 3.63) is 41.2 Å². The first-order valence-corrected chi connectivity index (χ1v) is 9.55. The van der Waals surface area contributed by atoms with Gasteiger partial charge < -0.3 is 4.90 Å². The minimum atomic E-state index is -0.448. The summed E-state index contributed by atoms with van der Waals surface area (Å²) < 4.78 is 1.45. The van der Waals surface area contributed by atoms with Gasteiger partial charge in [-0.05, 0) is 36.0 Å². The summed E-state index contributed by atoms with van der Waals surface area (Å²) in [5.41, 5.74) is 3.27. The van der Waals surface area contributed by atoms with E-state index in [0.29, 0.717) is 12.5 Å². The zero-order chi connectivity index (χ0) is 19.8. The minimum absolute atomic E-state index is 0.0518. The van der Waals surface area contributed by atoms with E-state index in [4.69, 9.17) is 0 Å². The average Bonchev–Trinajstić information content (AvgIpc) is 3.07. The maximum Gasteiger partial charge on any atom is 0.280 e. The van der Waals surface area contributed by atoms with Gasteiger partial charge >= 0.3 is 0 Å². The monoisotopic (exact) mass is 368 g/mol. The number of fused-ring (bicyclic) bond motifs is 1. The first-order valence-electron chi connectivity index (χ1n) is 9.55. The summed E-state index contributed by atoms with van der Waals surface area (Å²) in [5.74, 6) is 0.347. The smallest absolute Gasteiger partial charge is 0.280 e. The molecule has 0 saturated carbocycles. The van der Waals surface area contributed by atoms with Crippen LogP contribution in [0.1, 0.15) is 68.6 Å². The zero-order valence-corrected chi connectivity index (χ0v) is 16.8. The van der Waals surface area contributed by atoms with Crippen LogP contribution in [-0.4, -0.2) is 33.2 Å². The van der Waals surface area contributed by atoms with Crippen molar-refractivity contribution in [3.8, 4) is 0 Å². The van der Waals surface area contributed by atoms with Gasteiger partial charge in [-0.2, -0.15) is 0 Å². The summed E-state index contributed by atoms with van der Waals surface area (Å²) in [7, 11) is 0. The third-order valence-electron chi connectivity index (χ3n) is 5.03. The van der Waals surface area contributed by atoms with Crippen molar-refractivity contribution in [2.45, 2.75) is 59.9 Å². The van der Waals surface area contributed by atoms with E-state index in [9.17, 15) is 9.59 Å². The third-order valence-corrected chi connectivity index (χ3v) is 5.03. The number of hydrogen-bond donors (Lipinski definition) is 0. The Morgan fingerprint density at radius 2 is 1.96 bits per heavy atom. The van der Waals surface area contributed by atoms with E-state index in [0.717, 1.165) is 18.5 Å². The van der Waals surface area contributed by atoms with E-state index < -0.39 is 5.41 Å². The molecule has 144 valence electrons. The molecule has 0 N–H and O–H groups in total. The number of benzene rings is 1. The van der Waals surface area contributed by atoms with Crippen molar-refractivity contribution in [3.63, 3.8) is 0 Å². The van der Waals surface area contributed by atoms with E-state index in [1.165, 1.54) is 15.8 Å². The molecule has 0 unspecified atom stereocenters. The fourth-order valence-electron chi connectivity index (χ4n) is 3.18. The van der Waals surface area contributed by atoms with Gasteiger partial charge in [0, 0.05) is 17.6 Å². The normalized spacial score (nSPS) is 14.4. The molecule has 1 aliphatic rings. The number of aryl methyl sites for hydroxylation is 1. The van der Waals surface area contributed by atoms with Crippen LogP contribution in [0.2, 0.25) is 0 Å². The molecule has 3 rings (SSSR count). The lowest BCUT2D eigenvalue weighted by atomic mass is 9.91. The molecule has 1 aromatic carbocycles. The molecule has 0 fully saturated rings. The Kier molecular flexibility index (Phi) is 5.18. The summed E-state index contributed by atoms with van der Waals surface area (Å²) in [5, 5.41) is 7.99. The van der Waals surface area contributed by atoms with Crippen LogP contribution in [0.25, 0.3) is 0 Å². The van der Waals surface area contributed by atoms with Crippen LogP contribution in [0.4, 0.5) is 5.69 Å². The fourth-order valence-corrected chi connectivity index (χ4v) is 3.18. The second kappa shape index (κ2) is 7.25. The van der Waals surface area contributed by atoms with Crippen LogP contribution >= 0.6 is 0 Å². The van der Waals surface area contributed by atoms with Gasteiger partial charge in [0.15, 0.2) is 11.5 Å². The second-order valence-electron chi connectivity index (χ2n) is 8.58. The number of carbonyl (C=O) groups is 2. The lowest BCUT2D eigenvalue weighted by Crippen LogP contribution is -2.35. The molecule has 0 spiro atoms. The molecule has 1 aliphatic heterocycles. The van der Waals surface area contributed by atoms with Crippen molar-refractivity contribution in [1.29, 1.82) is 0 Å². The number of carbonyl (C=O) groups excluding carboxylic acids is 2. The number of aromatic nitrogens is 3. The van der Waals surface area contributed by atoms with Gasteiger partial charge in [-0.15, -0.1) is 5.10 Å². The average molecular weight is 368 g/mol. The highest BCUT2D eigenvalue weighted by Gasteiger charge is 2.27. The maximum absolute atomic E-state index is 13.0. The van der Waals surface area contributed by atoms with Crippen LogP contribution in [0.3, 0.4) is 0 Å². The van der Waals surface area contributed by atoms with E-state index in [-0.39, 0.29) is 23.9 Å². The Morgan fingerprint density at radius 1 is 1.22 bits per heavy atom. The standard InChI is InChI=1S/C21H28N4O2/c1-14(2)15-8-9-18-16(11-15)7-6-10-25(18)20(27)17-12-24(23-22-17)13-19(26)21(3,4)5/h8-9,11-12,14H,6-7,10,13H2,1-5H3. The van der Waals surface area contributed by atoms with Crippen LogP contribution in [0.5, 0.6) is 0 Å². The van der Waals surface area contributed by atoms with Crippen LogP contribution in [0.15, 0.2) is 24.4 Å². The van der Waals surface area contributed by atoms with Crippen LogP contribution < -0.4 is 4.90 Å². The Bertz CT molecular complexity index is 861. The third kappa shape index (κ3) is 4.10. The zero-order valence-electron chi connectivity index (χ0n) is 16.8. The molecule has 6 heteroatoms. The quantitative estimate of drug-likeness (QED) is 0.827. The van der Waals surface area contributed by atoms with E-state index >= 15 is 0 Å². The van der Waals surface area contributed by atoms with Crippen LogP contribution in [0, 0.1) is 5.41 Å². The molecule has 6 nitrogen and oxygen atoms in total. The fraction of sp³-hybridized carbons (Fsp3) is 0.524. The van der Waals surface area contributed by atoms with Gasteiger partial charge in [0.05, 0.1) is 6.20 Å². The van der Waals surface area contributed by atoms with E-state index in [1.807, 2.05) is 26.8 Å². The molecule has 1 aromatic heterocycles. The van der Waals surface area contributed by atoms with Gasteiger partial charge in [-0.25, -0.2) is 4.68 Å². The van der Waals surface area contributed by atoms with E-state index in [2.05, 4.69) is 36.3 Å². The molecule has 2 aromatic rings. The molecule has 1 amide bonds. The summed E-state index contributed by atoms with van der Waals surface area (Å²) in [4.78, 5) is 27.0. The Balaban J connectivity index is 1.81. The molecular formula is C21H28N4O2. The van der Waals surface area contributed by atoms with Crippen LogP contribution in [-0.2, 0) is 17.8 Å². The number of anilines is 1. The molecule has 2 heterocycles. The predicted molar refractivity (Wildman–Crippen MR) is 105 cm³/mol. The van der Waals surface area contributed by atoms with Crippen molar-refractivity contribution in [1.82, 2.24) is 15.0 Å². The first kappa shape index (κ1) is 19.3. The number of Topliss-reactive ketones (excluding diaryl/α,β-unsaturated/α-hetero) is 1. The molecule has 0 atom stereocenters. The van der Waals surface area contributed by atoms with Crippen molar-refractivity contribution >= 4 is 17.4 Å². The van der Waals surface area contributed by atoms with Gasteiger partial charge in [0.2, 0.25) is 0 Å². The Hall–Kier alpha value is -2.50. The van der Waals surface area contributed by atoms with Gasteiger partial charge in [0.1, 0.15) is 6.54 Å². The number of nitrogens with zero attached hydrogens (tertiary/aromatic N) is 4. The highest BCUT2D eigenvalue weighted by Crippen LogP contribution is 2.31. The summed E-state index contributed by atoms with van der Waals surface area (Å²) >= 11 is 0. The summed E-state index contributed by atoms with van der Waals surface area (Å²) in [6, 6.07) is 6.33. The highest BCUT2D eigenvalue weighted by molar-refractivity contribution is 6.05. The van der Waals surface area contributed by atoms with Crippen molar-refractivity contribution < 1.29 is 9.59 Å². The van der Waals surface area contributed by atoms with E-state index in [1.54, 1.807) is 11.1 Å². The molecule has 0 saturated heterocycles. The minimum Gasteiger partial charge on any atom is -0.307 e. The maximum atomic E-state index is 13.0. The predicted octanol–water partition coefficient (Wildman–Crippen LogP) is 3.61. The Labute approximate surface area is 160 Å².